The van der Waals surface area contributed by atoms with Crippen LogP contribution in [0.3, 0.4) is 0 Å². The second-order valence-electron chi connectivity index (χ2n) is 5.38. The molecule has 2 heterocycles. The molecule has 0 aromatic heterocycles. The van der Waals surface area contributed by atoms with Crippen molar-refractivity contribution in [3.63, 3.8) is 0 Å². The van der Waals surface area contributed by atoms with Gasteiger partial charge in [0.15, 0.2) is 0 Å². The van der Waals surface area contributed by atoms with Crippen molar-refractivity contribution in [1.29, 1.82) is 0 Å². The van der Waals surface area contributed by atoms with Gasteiger partial charge in [0.2, 0.25) is 11.8 Å². The number of benzene rings is 1. The molecule has 2 atom stereocenters. The Morgan fingerprint density at radius 2 is 2.24 bits per heavy atom. The second-order valence-corrected chi connectivity index (χ2v) is 7.72. The molecule has 2 amide bonds. The summed E-state index contributed by atoms with van der Waals surface area (Å²) in [5.41, 5.74) is 0.510. The molecule has 1 N–H and O–H groups in total. The number of hydrogen-bond acceptors (Lipinski definition) is 3. The molecule has 2 unspecified atom stereocenters. The van der Waals surface area contributed by atoms with E-state index in [2.05, 4.69) is 5.32 Å². The Labute approximate surface area is 137 Å². The first-order chi connectivity index (χ1) is 9.90. The molecule has 1 aromatic carbocycles. The molecule has 0 bridgehead atoms. The van der Waals surface area contributed by atoms with Gasteiger partial charge in [-0.05, 0) is 31.5 Å². The van der Waals surface area contributed by atoms with Crippen molar-refractivity contribution in [1.82, 2.24) is 4.90 Å². The number of carbonyl (C=O) groups is 2. The number of carbonyl (C=O) groups excluding carboxylic acids is 2. The number of thioether (sulfide) groups is 1. The lowest BCUT2D eigenvalue weighted by atomic mass is 10.2. The minimum Gasteiger partial charge on any atom is -0.323 e. The highest BCUT2D eigenvalue weighted by atomic mass is 35.5. The van der Waals surface area contributed by atoms with E-state index in [1.54, 1.807) is 34.9 Å². The Morgan fingerprint density at radius 3 is 2.95 bits per heavy atom. The number of fused-ring (bicyclic) bond motifs is 1. The van der Waals surface area contributed by atoms with Crippen molar-refractivity contribution in [3.8, 4) is 0 Å². The topological polar surface area (TPSA) is 49.4 Å². The van der Waals surface area contributed by atoms with Crippen LogP contribution in [0, 0.1) is 0 Å². The molecule has 1 aromatic rings. The third kappa shape index (κ3) is 2.62. The molecular formula is C14H14Cl2N2O2S. The van der Waals surface area contributed by atoms with E-state index in [9.17, 15) is 9.59 Å². The maximum Gasteiger partial charge on any atom is 0.248 e. The van der Waals surface area contributed by atoms with Crippen molar-refractivity contribution >= 4 is 52.5 Å². The third-order valence-corrected chi connectivity index (χ3v) is 5.99. The zero-order valence-electron chi connectivity index (χ0n) is 11.4. The predicted octanol–water partition coefficient (Wildman–Crippen LogP) is 3.39. The van der Waals surface area contributed by atoms with E-state index in [0.29, 0.717) is 27.9 Å². The fourth-order valence-electron chi connectivity index (χ4n) is 2.82. The Hall–Kier alpha value is -0.910. The van der Waals surface area contributed by atoms with Crippen LogP contribution in [0.15, 0.2) is 18.2 Å². The quantitative estimate of drug-likeness (QED) is 0.894. The van der Waals surface area contributed by atoms with Gasteiger partial charge in [0.1, 0.15) is 6.04 Å². The first-order valence-electron chi connectivity index (χ1n) is 6.63. The average molecular weight is 345 g/mol. The Morgan fingerprint density at radius 1 is 1.48 bits per heavy atom. The minimum atomic E-state index is -0.443. The number of hydrogen-bond donors (Lipinski definition) is 1. The molecule has 0 aliphatic carbocycles. The number of halogens is 2. The fraction of sp³-hybridized carbons (Fsp3) is 0.429. The highest BCUT2D eigenvalue weighted by molar-refractivity contribution is 8.01. The molecule has 2 fully saturated rings. The van der Waals surface area contributed by atoms with E-state index >= 15 is 0 Å². The van der Waals surface area contributed by atoms with E-state index in [1.165, 1.54) is 0 Å². The van der Waals surface area contributed by atoms with Gasteiger partial charge in [-0.25, -0.2) is 0 Å². The summed E-state index contributed by atoms with van der Waals surface area (Å²) in [6.45, 7) is 2.02. The summed E-state index contributed by atoms with van der Waals surface area (Å²) in [6, 6.07) is 4.46. The normalized spacial score (nSPS) is 27.9. The van der Waals surface area contributed by atoms with Crippen LogP contribution >= 0.6 is 35.0 Å². The van der Waals surface area contributed by atoms with Crippen LogP contribution < -0.4 is 5.32 Å². The van der Waals surface area contributed by atoms with Gasteiger partial charge in [0.05, 0.1) is 15.6 Å². The summed E-state index contributed by atoms with van der Waals surface area (Å²) in [4.78, 5) is 26.0. The molecule has 4 nitrogen and oxygen atoms in total. The molecule has 112 valence electrons. The van der Waals surface area contributed by atoms with Crippen LogP contribution in [0.4, 0.5) is 5.69 Å². The molecule has 0 spiro atoms. The molecule has 7 heteroatoms. The maximum absolute atomic E-state index is 12.5. The van der Waals surface area contributed by atoms with Gasteiger partial charge in [0.25, 0.3) is 0 Å². The van der Waals surface area contributed by atoms with E-state index in [4.69, 9.17) is 23.2 Å². The fourth-order valence-corrected chi connectivity index (χ4v) is 4.71. The Bertz CT molecular complexity index is 625. The Balaban J connectivity index is 1.78. The lowest BCUT2D eigenvalue weighted by molar-refractivity contribution is -0.135. The van der Waals surface area contributed by atoms with E-state index < -0.39 is 6.04 Å². The van der Waals surface area contributed by atoms with Crippen LogP contribution in [-0.2, 0) is 9.59 Å². The van der Waals surface area contributed by atoms with Crippen LogP contribution in [0.1, 0.15) is 19.8 Å². The lowest BCUT2D eigenvalue weighted by Crippen LogP contribution is -2.48. The van der Waals surface area contributed by atoms with E-state index in [-0.39, 0.29) is 16.7 Å². The second kappa shape index (κ2) is 5.38. The van der Waals surface area contributed by atoms with Gasteiger partial charge >= 0.3 is 0 Å². The van der Waals surface area contributed by atoms with Gasteiger partial charge in [-0.3, -0.25) is 9.59 Å². The number of nitrogens with zero attached hydrogens (tertiary/aromatic N) is 1. The number of nitrogens with one attached hydrogen (secondary N) is 1. The lowest BCUT2D eigenvalue weighted by Gasteiger charge is -2.29. The molecule has 0 saturated carbocycles. The predicted molar refractivity (Wildman–Crippen MR) is 85.8 cm³/mol. The van der Waals surface area contributed by atoms with Gasteiger partial charge < -0.3 is 10.2 Å². The molecule has 2 aliphatic rings. The van der Waals surface area contributed by atoms with Crippen LogP contribution in [0.5, 0.6) is 0 Å². The van der Waals surface area contributed by atoms with Gasteiger partial charge in [-0.2, -0.15) is 0 Å². The van der Waals surface area contributed by atoms with Gasteiger partial charge in [0, 0.05) is 17.2 Å². The first-order valence-corrected chi connectivity index (χ1v) is 8.37. The highest BCUT2D eigenvalue weighted by Gasteiger charge is 2.52. The van der Waals surface area contributed by atoms with Crippen LogP contribution in [0.2, 0.25) is 10.0 Å². The zero-order valence-corrected chi connectivity index (χ0v) is 13.7. The van der Waals surface area contributed by atoms with Crippen molar-refractivity contribution in [3.05, 3.63) is 28.2 Å². The molecule has 3 rings (SSSR count). The largest absolute Gasteiger partial charge is 0.323 e. The summed E-state index contributed by atoms with van der Waals surface area (Å²) < 4.78 is 0. The molecular weight excluding hydrogens is 331 g/mol. The van der Waals surface area contributed by atoms with Gasteiger partial charge in [-0.1, -0.05) is 23.2 Å². The molecule has 21 heavy (non-hydrogen) atoms. The molecule has 2 saturated heterocycles. The summed E-state index contributed by atoms with van der Waals surface area (Å²) >= 11 is 13.6. The SMILES string of the molecule is CC12CCC(=O)N1C(C(=O)Nc1ccc(Cl)cc1Cl)CS2. The standard InChI is InChI=1S/C14H14Cl2N2O2S/c1-14-5-4-12(19)18(14)11(7-21-14)13(20)17-10-3-2-8(15)6-9(10)16/h2-3,6,11H,4-5,7H2,1H3,(H,17,20). The number of amides is 2. The monoisotopic (exact) mass is 344 g/mol. The van der Waals surface area contributed by atoms with Crippen LogP contribution in [0.25, 0.3) is 0 Å². The Kier molecular flexibility index (Phi) is 3.84. The van der Waals surface area contributed by atoms with Crippen LogP contribution in [-0.4, -0.2) is 33.4 Å². The first kappa shape index (κ1) is 15.0. The molecule has 2 aliphatic heterocycles. The average Bonchev–Trinajstić information content (AvgIpc) is 2.90. The number of rotatable bonds is 2. The third-order valence-electron chi connectivity index (χ3n) is 3.94. The molecule has 0 radical (unpaired) electrons. The smallest absolute Gasteiger partial charge is 0.248 e. The minimum absolute atomic E-state index is 0.0462. The summed E-state index contributed by atoms with van der Waals surface area (Å²) in [6.07, 6.45) is 1.30. The van der Waals surface area contributed by atoms with Gasteiger partial charge in [-0.15, -0.1) is 11.8 Å². The zero-order chi connectivity index (χ0) is 15.2. The van der Waals surface area contributed by atoms with Crippen molar-refractivity contribution in [2.24, 2.45) is 0 Å². The van der Waals surface area contributed by atoms with Crippen molar-refractivity contribution < 1.29 is 9.59 Å². The van der Waals surface area contributed by atoms with E-state index in [1.807, 2.05) is 6.92 Å². The van der Waals surface area contributed by atoms with E-state index in [0.717, 1.165) is 6.42 Å². The highest BCUT2D eigenvalue weighted by Crippen LogP contribution is 2.47. The van der Waals surface area contributed by atoms with Crippen molar-refractivity contribution in [2.45, 2.75) is 30.7 Å². The summed E-state index contributed by atoms with van der Waals surface area (Å²) in [5.74, 6) is 0.454. The summed E-state index contributed by atoms with van der Waals surface area (Å²) in [7, 11) is 0. The number of anilines is 1. The summed E-state index contributed by atoms with van der Waals surface area (Å²) in [5, 5.41) is 3.69. The van der Waals surface area contributed by atoms with Crippen molar-refractivity contribution in [2.75, 3.05) is 11.1 Å². The maximum atomic E-state index is 12.5.